The van der Waals surface area contributed by atoms with Crippen LogP contribution >= 0.6 is 0 Å². The lowest BCUT2D eigenvalue weighted by atomic mass is 9.64. The van der Waals surface area contributed by atoms with Crippen molar-refractivity contribution in [3.63, 3.8) is 0 Å². The third-order valence-electron chi connectivity index (χ3n) is 5.90. The molecule has 2 aliphatic rings. The summed E-state index contributed by atoms with van der Waals surface area (Å²) in [6.07, 6.45) is 22.8. The number of rotatable bonds is 8. The van der Waals surface area contributed by atoms with Crippen LogP contribution in [-0.2, 0) is 0 Å². The maximum absolute atomic E-state index is 2.31. The van der Waals surface area contributed by atoms with Gasteiger partial charge in [0.15, 0.2) is 0 Å². The molecule has 0 aromatic rings. The fraction of sp³-hybridized carbons (Fsp3) is 1.00. The zero-order valence-corrected chi connectivity index (χ0v) is 13.3. The first kappa shape index (κ1) is 15.4. The fourth-order valence-corrected chi connectivity index (χ4v) is 4.79. The highest BCUT2D eigenvalue weighted by Crippen LogP contribution is 2.45. The summed E-state index contributed by atoms with van der Waals surface area (Å²) in [6, 6.07) is 0. The molecule has 0 amide bonds. The summed E-state index contributed by atoms with van der Waals surface area (Å²) in [5.74, 6) is 3.40. The van der Waals surface area contributed by atoms with E-state index < -0.39 is 0 Å². The average molecular weight is 264 g/mol. The molecule has 0 aromatic heterocycles. The molecule has 2 saturated carbocycles. The zero-order valence-electron chi connectivity index (χ0n) is 13.3. The minimum atomic E-state index is 1.12. The highest BCUT2D eigenvalue weighted by molar-refractivity contribution is 4.85. The van der Waals surface area contributed by atoms with Crippen molar-refractivity contribution in [2.45, 2.75) is 103 Å². The van der Waals surface area contributed by atoms with Crippen LogP contribution in [-0.4, -0.2) is 0 Å². The Kier molecular flexibility index (Phi) is 7.32. The second-order valence-corrected chi connectivity index (χ2v) is 7.31. The fourth-order valence-electron chi connectivity index (χ4n) is 4.79. The molecule has 2 aliphatic carbocycles. The summed E-state index contributed by atoms with van der Waals surface area (Å²) in [4.78, 5) is 0. The predicted octanol–water partition coefficient (Wildman–Crippen LogP) is 6.73. The molecule has 3 unspecified atom stereocenters. The van der Waals surface area contributed by atoms with Crippen molar-refractivity contribution in [3.8, 4) is 0 Å². The van der Waals surface area contributed by atoms with E-state index in [1.807, 2.05) is 0 Å². The van der Waals surface area contributed by atoms with Gasteiger partial charge in [0.1, 0.15) is 0 Å². The van der Waals surface area contributed by atoms with Gasteiger partial charge in [-0.2, -0.15) is 0 Å². The first-order chi connectivity index (χ1) is 9.42. The molecule has 0 aromatic carbocycles. The third-order valence-corrected chi connectivity index (χ3v) is 5.90. The molecule has 0 N–H and O–H groups in total. The SMILES string of the molecule is CCCCCCCCCC1CCCC2CCCCC12. The van der Waals surface area contributed by atoms with Crippen LogP contribution in [0.15, 0.2) is 0 Å². The molecule has 0 nitrogen and oxygen atoms in total. The molecule has 2 fully saturated rings. The van der Waals surface area contributed by atoms with Crippen LogP contribution in [0.25, 0.3) is 0 Å². The number of fused-ring (bicyclic) bond motifs is 1. The van der Waals surface area contributed by atoms with E-state index >= 15 is 0 Å². The minimum Gasteiger partial charge on any atom is -0.0654 e. The van der Waals surface area contributed by atoms with E-state index in [4.69, 9.17) is 0 Å². The Morgan fingerprint density at radius 1 is 0.684 bits per heavy atom. The Bertz CT molecular complexity index is 218. The van der Waals surface area contributed by atoms with Gasteiger partial charge >= 0.3 is 0 Å². The molecule has 2 rings (SSSR count). The maximum Gasteiger partial charge on any atom is -0.0357 e. The zero-order chi connectivity index (χ0) is 13.3. The standard InChI is InChI=1S/C19H36/c1-2-3-4-5-6-7-8-12-17-14-11-15-18-13-9-10-16-19(17)18/h17-19H,2-16H2,1H3. The van der Waals surface area contributed by atoms with E-state index in [0.717, 1.165) is 17.8 Å². The topological polar surface area (TPSA) is 0 Å². The second-order valence-electron chi connectivity index (χ2n) is 7.31. The summed E-state index contributed by atoms with van der Waals surface area (Å²) in [5.41, 5.74) is 0. The van der Waals surface area contributed by atoms with Crippen molar-refractivity contribution in [3.05, 3.63) is 0 Å². The lowest BCUT2D eigenvalue weighted by molar-refractivity contribution is 0.0961. The van der Waals surface area contributed by atoms with E-state index in [1.54, 1.807) is 38.5 Å². The molecule has 19 heavy (non-hydrogen) atoms. The van der Waals surface area contributed by atoms with Crippen LogP contribution in [0, 0.1) is 17.8 Å². The maximum atomic E-state index is 2.31. The monoisotopic (exact) mass is 264 g/mol. The second kappa shape index (κ2) is 9.03. The molecule has 3 atom stereocenters. The van der Waals surface area contributed by atoms with Crippen molar-refractivity contribution in [2.24, 2.45) is 17.8 Å². The number of hydrogen-bond donors (Lipinski definition) is 0. The Morgan fingerprint density at radius 3 is 2.21 bits per heavy atom. The van der Waals surface area contributed by atoms with Crippen molar-refractivity contribution < 1.29 is 0 Å². The van der Waals surface area contributed by atoms with Crippen LogP contribution in [0.2, 0.25) is 0 Å². The van der Waals surface area contributed by atoms with Gasteiger partial charge in [0.05, 0.1) is 0 Å². The summed E-state index contributed by atoms with van der Waals surface area (Å²) in [7, 11) is 0. The Morgan fingerprint density at radius 2 is 1.37 bits per heavy atom. The largest absolute Gasteiger partial charge is 0.0654 e. The molecule has 0 aliphatic heterocycles. The third kappa shape index (κ3) is 5.12. The minimum absolute atomic E-state index is 1.12. The lowest BCUT2D eigenvalue weighted by Crippen LogP contribution is -2.30. The summed E-state index contributed by atoms with van der Waals surface area (Å²) < 4.78 is 0. The van der Waals surface area contributed by atoms with Gasteiger partial charge in [-0.3, -0.25) is 0 Å². The van der Waals surface area contributed by atoms with Crippen LogP contribution in [0.4, 0.5) is 0 Å². The van der Waals surface area contributed by atoms with Gasteiger partial charge in [0.25, 0.3) is 0 Å². The molecule has 0 spiro atoms. The molecule has 0 heteroatoms. The predicted molar refractivity (Wildman–Crippen MR) is 85.4 cm³/mol. The average Bonchev–Trinajstić information content (AvgIpc) is 2.46. The van der Waals surface area contributed by atoms with Crippen molar-refractivity contribution in [2.75, 3.05) is 0 Å². The smallest absolute Gasteiger partial charge is 0.0357 e. The Balaban J connectivity index is 1.56. The van der Waals surface area contributed by atoms with Crippen LogP contribution in [0.5, 0.6) is 0 Å². The highest BCUT2D eigenvalue weighted by Gasteiger charge is 2.33. The summed E-state index contributed by atoms with van der Waals surface area (Å²) in [5, 5.41) is 0. The molecule has 0 bridgehead atoms. The first-order valence-corrected chi connectivity index (χ1v) is 9.42. The van der Waals surface area contributed by atoms with Crippen molar-refractivity contribution >= 4 is 0 Å². The van der Waals surface area contributed by atoms with Crippen molar-refractivity contribution in [1.82, 2.24) is 0 Å². The molecule has 0 heterocycles. The molecule has 112 valence electrons. The molecular weight excluding hydrogens is 228 g/mol. The van der Waals surface area contributed by atoms with E-state index in [-0.39, 0.29) is 0 Å². The quantitative estimate of drug-likeness (QED) is 0.426. The van der Waals surface area contributed by atoms with Crippen LogP contribution < -0.4 is 0 Å². The molecule has 0 radical (unpaired) electrons. The summed E-state index contributed by atoms with van der Waals surface area (Å²) >= 11 is 0. The normalized spacial score (nSPS) is 31.1. The van der Waals surface area contributed by atoms with Gasteiger partial charge in [-0.05, 0) is 24.2 Å². The van der Waals surface area contributed by atoms with Gasteiger partial charge < -0.3 is 0 Å². The molecular formula is C19H36. The lowest BCUT2D eigenvalue weighted by Gasteiger charge is -2.41. The van der Waals surface area contributed by atoms with E-state index in [1.165, 1.54) is 57.8 Å². The number of unbranched alkanes of at least 4 members (excludes halogenated alkanes) is 6. The van der Waals surface area contributed by atoms with Gasteiger partial charge in [-0.1, -0.05) is 96.8 Å². The van der Waals surface area contributed by atoms with E-state index in [2.05, 4.69) is 6.92 Å². The van der Waals surface area contributed by atoms with Gasteiger partial charge in [-0.15, -0.1) is 0 Å². The highest BCUT2D eigenvalue weighted by atomic mass is 14.4. The van der Waals surface area contributed by atoms with E-state index in [0.29, 0.717) is 0 Å². The first-order valence-electron chi connectivity index (χ1n) is 9.42. The van der Waals surface area contributed by atoms with E-state index in [9.17, 15) is 0 Å². The Hall–Kier alpha value is 0. The number of hydrogen-bond acceptors (Lipinski definition) is 0. The van der Waals surface area contributed by atoms with Crippen molar-refractivity contribution in [1.29, 1.82) is 0 Å². The van der Waals surface area contributed by atoms with Gasteiger partial charge in [-0.25, -0.2) is 0 Å². The van der Waals surface area contributed by atoms with Gasteiger partial charge in [0, 0.05) is 0 Å². The Labute approximate surface area is 121 Å². The van der Waals surface area contributed by atoms with Crippen LogP contribution in [0.1, 0.15) is 103 Å². The molecule has 0 saturated heterocycles. The van der Waals surface area contributed by atoms with Crippen LogP contribution in [0.3, 0.4) is 0 Å². The summed E-state index contributed by atoms with van der Waals surface area (Å²) in [6.45, 7) is 2.31. The van der Waals surface area contributed by atoms with Gasteiger partial charge in [0.2, 0.25) is 0 Å².